The molecule has 30 heavy (non-hydrogen) atoms. The molecule has 5 heteroatoms. The molecule has 2 aromatic rings. The highest BCUT2D eigenvalue weighted by Gasteiger charge is 2.26. The lowest BCUT2D eigenvalue weighted by Crippen LogP contribution is -2.13. The SMILES string of the molecule is CCC1CCC(c2cc(F)c(C3=Cc4cc(F)c(C#N)c(F)c4CC3)c(F)c2)CC1. The van der Waals surface area contributed by atoms with E-state index in [1.807, 2.05) is 0 Å². The highest BCUT2D eigenvalue weighted by Crippen LogP contribution is 2.40. The fraction of sp³-hybridized carbons (Fsp3) is 0.400. The van der Waals surface area contributed by atoms with Crippen molar-refractivity contribution in [1.82, 2.24) is 0 Å². The van der Waals surface area contributed by atoms with Crippen molar-refractivity contribution in [2.24, 2.45) is 5.92 Å². The van der Waals surface area contributed by atoms with Crippen molar-refractivity contribution in [1.29, 1.82) is 5.26 Å². The molecule has 0 atom stereocenters. The summed E-state index contributed by atoms with van der Waals surface area (Å²) in [4.78, 5) is 0. The zero-order valence-corrected chi connectivity index (χ0v) is 16.9. The molecule has 156 valence electrons. The fourth-order valence-corrected chi connectivity index (χ4v) is 4.92. The first-order valence-electron chi connectivity index (χ1n) is 10.5. The molecule has 0 saturated heterocycles. The van der Waals surface area contributed by atoms with Gasteiger partial charge in [-0.25, -0.2) is 17.6 Å². The zero-order valence-electron chi connectivity index (χ0n) is 16.9. The van der Waals surface area contributed by atoms with Crippen molar-refractivity contribution in [3.05, 3.63) is 69.3 Å². The van der Waals surface area contributed by atoms with E-state index in [0.717, 1.165) is 38.2 Å². The fourth-order valence-electron chi connectivity index (χ4n) is 4.92. The van der Waals surface area contributed by atoms with Crippen molar-refractivity contribution in [3.63, 3.8) is 0 Å². The molecular formula is C25H23F4N. The van der Waals surface area contributed by atoms with E-state index in [1.54, 1.807) is 0 Å². The second-order valence-electron chi connectivity index (χ2n) is 8.38. The van der Waals surface area contributed by atoms with Gasteiger partial charge < -0.3 is 0 Å². The van der Waals surface area contributed by atoms with Crippen LogP contribution in [0.15, 0.2) is 18.2 Å². The number of halogens is 4. The van der Waals surface area contributed by atoms with Crippen LogP contribution < -0.4 is 0 Å². The average molecular weight is 413 g/mol. The van der Waals surface area contributed by atoms with E-state index in [1.165, 1.54) is 24.3 Å². The lowest BCUT2D eigenvalue weighted by Gasteiger charge is -2.28. The van der Waals surface area contributed by atoms with E-state index in [2.05, 4.69) is 6.92 Å². The maximum absolute atomic E-state index is 15.0. The van der Waals surface area contributed by atoms with Gasteiger partial charge in [0.15, 0.2) is 0 Å². The Hall–Kier alpha value is -2.61. The summed E-state index contributed by atoms with van der Waals surface area (Å²) in [6, 6.07) is 5.43. The van der Waals surface area contributed by atoms with E-state index >= 15 is 0 Å². The van der Waals surface area contributed by atoms with Gasteiger partial charge in [-0.3, -0.25) is 0 Å². The van der Waals surface area contributed by atoms with Gasteiger partial charge in [0.1, 0.15) is 34.9 Å². The van der Waals surface area contributed by atoms with Gasteiger partial charge in [-0.2, -0.15) is 5.26 Å². The molecule has 4 rings (SSSR count). The number of allylic oxidation sites excluding steroid dienone is 1. The molecule has 0 N–H and O–H groups in total. The normalized spacial score (nSPS) is 21.0. The summed E-state index contributed by atoms with van der Waals surface area (Å²) in [6.07, 6.45) is 6.98. The van der Waals surface area contributed by atoms with Crippen LogP contribution in [0.1, 0.15) is 79.2 Å². The summed E-state index contributed by atoms with van der Waals surface area (Å²) >= 11 is 0. The lowest BCUT2D eigenvalue weighted by molar-refractivity contribution is 0.318. The average Bonchev–Trinajstić information content (AvgIpc) is 2.73. The van der Waals surface area contributed by atoms with Crippen molar-refractivity contribution in [2.45, 2.75) is 57.8 Å². The number of hydrogen-bond donors (Lipinski definition) is 0. The zero-order chi connectivity index (χ0) is 21.4. The summed E-state index contributed by atoms with van der Waals surface area (Å²) < 4.78 is 58.3. The predicted octanol–water partition coefficient (Wildman–Crippen LogP) is 7.29. The van der Waals surface area contributed by atoms with Gasteiger partial charge in [-0.05, 0) is 90.8 Å². The van der Waals surface area contributed by atoms with Crippen LogP contribution in [0.5, 0.6) is 0 Å². The molecule has 0 spiro atoms. The van der Waals surface area contributed by atoms with E-state index in [-0.39, 0.29) is 35.4 Å². The van der Waals surface area contributed by atoms with Crippen LogP contribution in [0, 0.1) is 40.5 Å². The number of rotatable bonds is 3. The third kappa shape index (κ3) is 3.64. The monoisotopic (exact) mass is 413 g/mol. The molecule has 0 heterocycles. The smallest absolute Gasteiger partial charge is 0.147 e. The molecule has 1 saturated carbocycles. The molecular weight excluding hydrogens is 390 g/mol. The van der Waals surface area contributed by atoms with Gasteiger partial charge in [0.2, 0.25) is 0 Å². The van der Waals surface area contributed by atoms with Crippen LogP contribution >= 0.6 is 0 Å². The van der Waals surface area contributed by atoms with Gasteiger partial charge in [-0.15, -0.1) is 0 Å². The maximum atomic E-state index is 15.0. The summed E-state index contributed by atoms with van der Waals surface area (Å²) in [5.41, 5.74) is 0.757. The Morgan fingerprint density at radius 1 is 0.933 bits per heavy atom. The Labute approximate surface area is 174 Å². The van der Waals surface area contributed by atoms with E-state index in [0.29, 0.717) is 17.1 Å². The third-order valence-electron chi connectivity index (χ3n) is 6.72. The Bertz CT molecular complexity index is 1030. The van der Waals surface area contributed by atoms with Crippen LogP contribution in [0.3, 0.4) is 0 Å². The third-order valence-corrected chi connectivity index (χ3v) is 6.72. The second-order valence-corrected chi connectivity index (χ2v) is 8.38. The number of nitriles is 1. The van der Waals surface area contributed by atoms with Gasteiger partial charge >= 0.3 is 0 Å². The molecule has 1 nitrogen and oxygen atoms in total. The largest absolute Gasteiger partial charge is 0.206 e. The van der Waals surface area contributed by atoms with Crippen LogP contribution in [0.4, 0.5) is 17.6 Å². The standard InChI is InChI=1S/C25H23F4N/c1-2-14-3-5-15(6-4-14)17-10-22(27)24(23(28)11-17)16-7-8-19-18(9-16)12-21(26)20(13-30)25(19)29/h9-12,14-15H,2-8H2,1H3. The Morgan fingerprint density at radius 2 is 1.60 bits per heavy atom. The van der Waals surface area contributed by atoms with Crippen LogP contribution in [0.25, 0.3) is 11.6 Å². The molecule has 2 aliphatic rings. The second kappa shape index (κ2) is 8.26. The maximum Gasteiger partial charge on any atom is 0.147 e. The van der Waals surface area contributed by atoms with E-state index in [4.69, 9.17) is 5.26 Å². The quantitative estimate of drug-likeness (QED) is 0.485. The first-order chi connectivity index (χ1) is 14.4. The number of benzene rings is 2. The topological polar surface area (TPSA) is 23.8 Å². The predicted molar refractivity (Wildman–Crippen MR) is 109 cm³/mol. The Morgan fingerprint density at radius 3 is 2.20 bits per heavy atom. The number of nitrogens with zero attached hydrogens (tertiary/aromatic N) is 1. The van der Waals surface area contributed by atoms with Crippen LogP contribution in [-0.2, 0) is 6.42 Å². The van der Waals surface area contributed by atoms with Gasteiger partial charge in [0.25, 0.3) is 0 Å². The Kier molecular flexibility index (Phi) is 5.69. The molecule has 1 fully saturated rings. The molecule has 2 aliphatic carbocycles. The van der Waals surface area contributed by atoms with Gasteiger partial charge in [-0.1, -0.05) is 19.4 Å². The molecule has 0 radical (unpaired) electrons. The summed E-state index contributed by atoms with van der Waals surface area (Å²) in [5.74, 6) is -2.25. The highest BCUT2D eigenvalue weighted by atomic mass is 19.1. The van der Waals surface area contributed by atoms with Crippen molar-refractivity contribution < 1.29 is 17.6 Å². The van der Waals surface area contributed by atoms with Crippen LogP contribution in [0.2, 0.25) is 0 Å². The van der Waals surface area contributed by atoms with Gasteiger partial charge in [0, 0.05) is 5.56 Å². The van der Waals surface area contributed by atoms with E-state index < -0.39 is 28.8 Å². The lowest BCUT2D eigenvalue weighted by atomic mass is 9.77. The van der Waals surface area contributed by atoms with Crippen LogP contribution in [-0.4, -0.2) is 0 Å². The number of hydrogen-bond acceptors (Lipinski definition) is 1. The Balaban J connectivity index is 1.67. The number of fused-ring (bicyclic) bond motifs is 1. The van der Waals surface area contributed by atoms with E-state index in [9.17, 15) is 17.6 Å². The summed E-state index contributed by atoms with van der Waals surface area (Å²) in [7, 11) is 0. The first-order valence-corrected chi connectivity index (χ1v) is 10.5. The minimum atomic E-state index is -0.967. The molecule has 2 aromatic carbocycles. The first kappa shape index (κ1) is 20.7. The molecule has 0 aliphatic heterocycles. The van der Waals surface area contributed by atoms with Crippen molar-refractivity contribution in [2.75, 3.05) is 0 Å². The summed E-state index contributed by atoms with van der Waals surface area (Å²) in [5, 5.41) is 8.92. The molecule has 0 amide bonds. The molecule has 0 unspecified atom stereocenters. The van der Waals surface area contributed by atoms with Crippen molar-refractivity contribution in [3.8, 4) is 6.07 Å². The minimum Gasteiger partial charge on any atom is -0.206 e. The van der Waals surface area contributed by atoms with Gasteiger partial charge in [0.05, 0.1) is 0 Å². The summed E-state index contributed by atoms with van der Waals surface area (Å²) in [6.45, 7) is 2.17. The molecule has 0 aromatic heterocycles. The minimum absolute atomic E-state index is 0.128. The molecule has 0 bridgehead atoms. The van der Waals surface area contributed by atoms with Crippen molar-refractivity contribution >= 4 is 11.6 Å². The highest BCUT2D eigenvalue weighted by molar-refractivity contribution is 5.85.